The van der Waals surface area contributed by atoms with Gasteiger partial charge < -0.3 is 5.11 Å². The van der Waals surface area contributed by atoms with E-state index in [4.69, 9.17) is 5.11 Å². The lowest BCUT2D eigenvalue weighted by atomic mass is 10.3. The molecule has 0 fully saturated rings. The van der Waals surface area contributed by atoms with Gasteiger partial charge in [0.05, 0.1) is 9.73 Å². The first kappa shape index (κ1) is 12.1. The van der Waals surface area contributed by atoms with Crippen LogP contribution in [0.3, 0.4) is 0 Å². The van der Waals surface area contributed by atoms with Gasteiger partial charge in [-0.05, 0) is 29.7 Å². The van der Waals surface area contributed by atoms with Gasteiger partial charge >= 0.3 is 5.97 Å². The predicted molar refractivity (Wildman–Crippen MR) is 74.9 cm³/mol. The van der Waals surface area contributed by atoms with E-state index in [2.05, 4.69) is 9.36 Å². The second-order valence-electron chi connectivity index (χ2n) is 3.77. The van der Waals surface area contributed by atoms with E-state index in [0.29, 0.717) is 0 Å². The number of pyridine rings is 1. The molecule has 2 heterocycles. The number of nitrogens with zero attached hydrogens (tertiary/aromatic N) is 2. The first-order valence-corrected chi connectivity index (χ1v) is 7.04. The minimum absolute atomic E-state index is 0.0545. The number of hydrogen-bond acceptors (Lipinski definition) is 5. The van der Waals surface area contributed by atoms with E-state index in [1.54, 1.807) is 12.1 Å². The van der Waals surface area contributed by atoms with Crippen LogP contribution >= 0.6 is 23.3 Å². The number of fused-ring (bicyclic) bond motifs is 1. The van der Waals surface area contributed by atoms with Gasteiger partial charge in [-0.15, -0.1) is 0 Å². The zero-order valence-corrected chi connectivity index (χ0v) is 11.2. The number of hydrogen-bond donors (Lipinski definition) is 1. The van der Waals surface area contributed by atoms with Crippen LogP contribution in [0.5, 0.6) is 0 Å². The third-order valence-corrected chi connectivity index (χ3v) is 4.55. The van der Waals surface area contributed by atoms with E-state index in [-0.39, 0.29) is 5.69 Å². The molecule has 1 N–H and O–H groups in total. The number of aromatic nitrogens is 2. The lowest BCUT2D eigenvalue weighted by molar-refractivity contribution is 0.0690. The van der Waals surface area contributed by atoms with Crippen LogP contribution in [0.25, 0.3) is 10.9 Å². The summed E-state index contributed by atoms with van der Waals surface area (Å²) in [5.74, 6) is -1.02. The Hall–Kier alpha value is -1.92. The van der Waals surface area contributed by atoms with Gasteiger partial charge in [0.15, 0.2) is 0 Å². The first-order chi connectivity index (χ1) is 9.24. The number of carboxylic acid groups (broad SMARTS) is 1. The van der Waals surface area contributed by atoms with Crippen molar-refractivity contribution in [2.24, 2.45) is 0 Å². The molecule has 2 aromatic heterocycles. The van der Waals surface area contributed by atoms with Crippen LogP contribution < -0.4 is 0 Å². The normalized spacial score (nSPS) is 10.7. The Kier molecular flexibility index (Phi) is 3.18. The summed E-state index contributed by atoms with van der Waals surface area (Å²) in [6.45, 7) is 0. The summed E-state index contributed by atoms with van der Waals surface area (Å²) >= 11 is 2.93. The largest absolute Gasteiger partial charge is 0.477 e. The van der Waals surface area contributed by atoms with Gasteiger partial charge in [-0.25, -0.2) is 9.78 Å². The number of carbonyl (C=O) groups is 1. The third-order valence-electron chi connectivity index (χ3n) is 2.51. The van der Waals surface area contributed by atoms with E-state index in [1.807, 2.05) is 24.3 Å². The Morgan fingerprint density at radius 2 is 2.11 bits per heavy atom. The van der Waals surface area contributed by atoms with Gasteiger partial charge in [0, 0.05) is 16.5 Å². The van der Waals surface area contributed by atoms with E-state index < -0.39 is 5.97 Å². The van der Waals surface area contributed by atoms with Gasteiger partial charge in [0.25, 0.3) is 0 Å². The van der Waals surface area contributed by atoms with E-state index >= 15 is 0 Å². The molecule has 6 heteroatoms. The summed E-state index contributed by atoms with van der Waals surface area (Å²) in [7, 11) is 0. The summed E-state index contributed by atoms with van der Waals surface area (Å²) in [5.41, 5.74) is 1.02. The Balaban J connectivity index is 1.97. The smallest absolute Gasteiger partial charge is 0.354 e. The fourth-order valence-corrected chi connectivity index (χ4v) is 3.59. The average Bonchev–Trinajstić information content (AvgIpc) is 2.83. The van der Waals surface area contributed by atoms with Crippen molar-refractivity contribution in [1.82, 2.24) is 9.36 Å². The summed E-state index contributed by atoms with van der Waals surface area (Å²) in [5, 5.41) is 10.0. The number of aromatic carboxylic acids is 1. The molecule has 0 spiro atoms. The van der Waals surface area contributed by atoms with Crippen molar-refractivity contribution in [3.8, 4) is 0 Å². The summed E-state index contributed by atoms with van der Waals surface area (Å²) in [6.07, 6.45) is 1.51. The SMILES string of the molecule is O=C(O)c1cc(Sc2snc3ccccc23)ccn1. The summed E-state index contributed by atoms with van der Waals surface area (Å²) in [6, 6.07) is 11.3. The molecule has 0 bridgehead atoms. The van der Waals surface area contributed by atoms with Crippen molar-refractivity contribution in [2.75, 3.05) is 0 Å². The molecule has 3 rings (SSSR count). The van der Waals surface area contributed by atoms with Crippen molar-refractivity contribution < 1.29 is 9.90 Å². The third kappa shape index (κ3) is 2.45. The molecule has 94 valence electrons. The zero-order valence-electron chi connectivity index (χ0n) is 9.61. The first-order valence-electron chi connectivity index (χ1n) is 5.45. The van der Waals surface area contributed by atoms with Crippen LogP contribution in [0, 0.1) is 0 Å². The molecule has 1 aromatic carbocycles. The van der Waals surface area contributed by atoms with E-state index in [0.717, 1.165) is 20.0 Å². The van der Waals surface area contributed by atoms with Gasteiger partial charge in [0.2, 0.25) is 0 Å². The molecule has 0 amide bonds. The van der Waals surface area contributed by atoms with Crippen LogP contribution in [0.1, 0.15) is 10.5 Å². The highest BCUT2D eigenvalue weighted by atomic mass is 32.2. The average molecular weight is 288 g/mol. The van der Waals surface area contributed by atoms with Gasteiger partial charge in [0.1, 0.15) is 5.69 Å². The van der Waals surface area contributed by atoms with Gasteiger partial charge in [-0.3, -0.25) is 0 Å². The van der Waals surface area contributed by atoms with Gasteiger partial charge in [-0.2, -0.15) is 4.37 Å². The Labute approximate surface area is 117 Å². The number of benzene rings is 1. The monoisotopic (exact) mass is 288 g/mol. The van der Waals surface area contributed by atoms with Crippen molar-refractivity contribution in [3.05, 3.63) is 48.3 Å². The van der Waals surface area contributed by atoms with Crippen LogP contribution in [0.15, 0.2) is 51.7 Å². The molecule has 0 aliphatic heterocycles. The van der Waals surface area contributed by atoms with Gasteiger partial charge in [-0.1, -0.05) is 30.0 Å². The fourth-order valence-electron chi connectivity index (χ4n) is 1.64. The maximum atomic E-state index is 10.9. The molecule has 3 aromatic rings. The molecular weight excluding hydrogens is 280 g/mol. The lowest BCUT2D eigenvalue weighted by Crippen LogP contribution is -1.99. The molecule has 4 nitrogen and oxygen atoms in total. The quantitative estimate of drug-likeness (QED) is 0.798. The highest BCUT2D eigenvalue weighted by molar-refractivity contribution is 8.01. The maximum Gasteiger partial charge on any atom is 0.354 e. The molecule has 0 unspecified atom stereocenters. The van der Waals surface area contributed by atoms with Crippen molar-refractivity contribution in [3.63, 3.8) is 0 Å². The number of rotatable bonds is 3. The second-order valence-corrected chi connectivity index (χ2v) is 5.89. The zero-order chi connectivity index (χ0) is 13.2. The molecule has 0 aliphatic carbocycles. The van der Waals surface area contributed by atoms with Crippen LogP contribution in [-0.4, -0.2) is 20.4 Å². The highest BCUT2D eigenvalue weighted by Crippen LogP contribution is 2.36. The fraction of sp³-hybridized carbons (Fsp3) is 0. The van der Waals surface area contributed by atoms with E-state index in [9.17, 15) is 4.79 Å². The molecule has 0 saturated heterocycles. The maximum absolute atomic E-state index is 10.9. The van der Waals surface area contributed by atoms with E-state index in [1.165, 1.54) is 29.5 Å². The minimum Gasteiger partial charge on any atom is -0.477 e. The molecular formula is C13H8N2O2S2. The van der Waals surface area contributed by atoms with Crippen molar-refractivity contribution >= 4 is 40.2 Å². The summed E-state index contributed by atoms with van der Waals surface area (Å²) < 4.78 is 5.42. The molecule has 0 radical (unpaired) electrons. The van der Waals surface area contributed by atoms with Crippen LogP contribution in [0.4, 0.5) is 0 Å². The highest BCUT2D eigenvalue weighted by Gasteiger charge is 2.09. The Bertz CT molecular complexity index is 755. The topological polar surface area (TPSA) is 63.1 Å². The second kappa shape index (κ2) is 4.99. The summed E-state index contributed by atoms with van der Waals surface area (Å²) in [4.78, 5) is 15.5. The molecule has 19 heavy (non-hydrogen) atoms. The lowest BCUT2D eigenvalue weighted by Gasteiger charge is -2.00. The molecule has 0 saturated carbocycles. The Morgan fingerprint density at radius 1 is 1.26 bits per heavy atom. The van der Waals surface area contributed by atoms with Crippen LogP contribution in [0.2, 0.25) is 0 Å². The number of carboxylic acids is 1. The molecule has 0 atom stereocenters. The van der Waals surface area contributed by atoms with Crippen molar-refractivity contribution in [1.29, 1.82) is 0 Å². The minimum atomic E-state index is -1.02. The molecule has 0 aliphatic rings. The Morgan fingerprint density at radius 3 is 2.95 bits per heavy atom. The van der Waals surface area contributed by atoms with Crippen molar-refractivity contribution in [2.45, 2.75) is 9.10 Å². The standard InChI is InChI=1S/C13H8N2O2S2/c16-12(17)11-7-8(5-6-14-11)18-13-9-3-1-2-4-10(9)15-19-13/h1-7H,(H,16,17). The van der Waals surface area contributed by atoms with Crippen LogP contribution in [-0.2, 0) is 0 Å². The predicted octanol–water partition coefficient (Wildman–Crippen LogP) is 3.54.